The van der Waals surface area contributed by atoms with Crippen molar-refractivity contribution < 1.29 is 19.7 Å². The minimum atomic E-state index is -0.354. The van der Waals surface area contributed by atoms with E-state index in [1.165, 1.54) is 0 Å². The van der Waals surface area contributed by atoms with Crippen LogP contribution in [0.3, 0.4) is 0 Å². The van der Waals surface area contributed by atoms with Crippen LogP contribution in [0.4, 0.5) is 0 Å². The number of aliphatic hydroxyl groups excluding tert-OH is 1. The van der Waals surface area contributed by atoms with Crippen LogP contribution in [-0.4, -0.2) is 69.4 Å². The molecule has 1 aliphatic rings. The van der Waals surface area contributed by atoms with Crippen molar-refractivity contribution in [3.8, 4) is 16.9 Å². The largest absolute Gasteiger partial charge is 0.508 e. The van der Waals surface area contributed by atoms with E-state index < -0.39 is 0 Å². The first-order valence-corrected chi connectivity index (χ1v) is 13.9. The number of para-hydroxylation sites is 1. The van der Waals surface area contributed by atoms with E-state index in [4.69, 9.17) is 4.74 Å². The summed E-state index contributed by atoms with van der Waals surface area (Å²) in [5.41, 5.74) is 5.66. The Morgan fingerprint density at radius 1 is 1.05 bits per heavy atom. The summed E-state index contributed by atoms with van der Waals surface area (Å²) >= 11 is 0. The summed E-state index contributed by atoms with van der Waals surface area (Å²) in [6.45, 7) is 6.13. The summed E-state index contributed by atoms with van der Waals surface area (Å²) in [5.74, 6) is 0.167. The number of phenols is 1. The average molecular weight is 542 g/mol. The Balaban J connectivity index is 1.56. The molecule has 1 amide bonds. The van der Waals surface area contributed by atoms with Crippen molar-refractivity contribution in [2.24, 2.45) is 13.0 Å². The van der Waals surface area contributed by atoms with Crippen LogP contribution in [0.15, 0.2) is 72.8 Å². The number of rotatable bonds is 6. The summed E-state index contributed by atoms with van der Waals surface area (Å²) in [6, 6.07) is 23.2. The number of ether oxygens (including phenoxy) is 1. The fourth-order valence-corrected chi connectivity index (χ4v) is 5.81. The zero-order chi connectivity index (χ0) is 28.4. The fraction of sp³-hybridized carbons (Fsp3) is 0.364. The second-order valence-corrected chi connectivity index (χ2v) is 11.1. The molecule has 4 aromatic rings. The standard InChI is InChI=1S/C33H39N3O4/c1-22-17-36(23(2)20-37)33(39)32-31(28-11-7-8-12-29(28)35(32)4)27-10-6-5-9-25(27)21-40-30(22)19-34(3)18-24-13-15-26(38)16-14-24/h5-16,22-23,30,37-38H,17-21H2,1-4H3/t22-,23+,30-/m0/s1. The number of hydrogen-bond donors (Lipinski definition) is 2. The molecule has 7 nitrogen and oxygen atoms in total. The quantitative estimate of drug-likeness (QED) is 0.358. The highest BCUT2D eigenvalue weighted by molar-refractivity contribution is 6.10. The van der Waals surface area contributed by atoms with Gasteiger partial charge in [0.25, 0.3) is 5.91 Å². The SMILES string of the molecule is C[C@H](CO)N1C[C@H](C)[C@H](CN(C)Cc2ccc(O)cc2)OCc2ccccc2-c2c(n(C)c3ccccc23)C1=O. The van der Waals surface area contributed by atoms with Crippen molar-refractivity contribution in [3.05, 3.63) is 89.6 Å². The second kappa shape index (κ2) is 11.8. The van der Waals surface area contributed by atoms with E-state index in [-0.39, 0.29) is 36.3 Å². The summed E-state index contributed by atoms with van der Waals surface area (Å²) < 4.78 is 8.68. The van der Waals surface area contributed by atoms with E-state index in [1.54, 1.807) is 12.1 Å². The second-order valence-electron chi connectivity index (χ2n) is 11.1. The van der Waals surface area contributed by atoms with Crippen LogP contribution in [0, 0.1) is 5.92 Å². The maximum atomic E-state index is 14.4. The molecule has 40 heavy (non-hydrogen) atoms. The molecule has 2 N–H and O–H groups in total. The van der Waals surface area contributed by atoms with E-state index in [2.05, 4.69) is 37.1 Å². The normalized spacial score (nSPS) is 18.9. The van der Waals surface area contributed by atoms with E-state index in [1.807, 2.05) is 65.9 Å². The third kappa shape index (κ3) is 5.50. The fourth-order valence-electron chi connectivity index (χ4n) is 5.81. The van der Waals surface area contributed by atoms with Gasteiger partial charge in [0.15, 0.2) is 0 Å². The Kier molecular flexibility index (Phi) is 8.26. The van der Waals surface area contributed by atoms with Crippen LogP contribution in [0.5, 0.6) is 5.75 Å². The number of benzene rings is 3. The molecule has 0 saturated carbocycles. The highest BCUT2D eigenvalue weighted by Crippen LogP contribution is 2.38. The van der Waals surface area contributed by atoms with Crippen molar-refractivity contribution in [1.29, 1.82) is 0 Å². The van der Waals surface area contributed by atoms with Crippen LogP contribution >= 0.6 is 0 Å². The predicted octanol–water partition coefficient (Wildman–Crippen LogP) is 5.04. The van der Waals surface area contributed by atoms with Gasteiger partial charge in [-0.25, -0.2) is 0 Å². The number of aromatic nitrogens is 1. The Morgan fingerprint density at radius 2 is 1.75 bits per heavy atom. The highest BCUT2D eigenvalue weighted by atomic mass is 16.5. The van der Waals surface area contributed by atoms with Gasteiger partial charge in [-0.3, -0.25) is 9.69 Å². The number of aromatic hydroxyl groups is 1. The number of nitrogens with zero attached hydrogens (tertiary/aromatic N) is 3. The van der Waals surface area contributed by atoms with Gasteiger partial charge < -0.3 is 24.4 Å². The van der Waals surface area contributed by atoms with Crippen molar-refractivity contribution >= 4 is 16.8 Å². The third-order valence-corrected chi connectivity index (χ3v) is 8.11. The topological polar surface area (TPSA) is 78.2 Å². The van der Waals surface area contributed by atoms with Crippen molar-refractivity contribution in [2.45, 2.75) is 39.1 Å². The van der Waals surface area contributed by atoms with Crippen LogP contribution < -0.4 is 0 Å². The molecular formula is C33H39N3O4. The Morgan fingerprint density at radius 3 is 2.50 bits per heavy atom. The van der Waals surface area contributed by atoms with Gasteiger partial charge in [-0.15, -0.1) is 0 Å². The number of carbonyl (C=O) groups is 1. The molecule has 0 spiro atoms. The van der Waals surface area contributed by atoms with Crippen LogP contribution in [0.1, 0.15) is 35.5 Å². The molecule has 7 heteroatoms. The van der Waals surface area contributed by atoms with Gasteiger partial charge in [0.1, 0.15) is 11.4 Å². The Bertz CT molecular complexity index is 1480. The molecule has 3 aromatic carbocycles. The van der Waals surface area contributed by atoms with Crippen molar-refractivity contribution in [2.75, 3.05) is 26.7 Å². The molecule has 210 valence electrons. The number of amides is 1. The third-order valence-electron chi connectivity index (χ3n) is 8.11. The van der Waals surface area contributed by atoms with Gasteiger partial charge in [-0.2, -0.15) is 0 Å². The summed E-state index contributed by atoms with van der Waals surface area (Å²) in [7, 11) is 4.01. The molecule has 0 bridgehead atoms. The van der Waals surface area contributed by atoms with E-state index in [9.17, 15) is 15.0 Å². The predicted molar refractivity (Wildman–Crippen MR) is 158 cm³/mol. The first-order chi connectivity index (χ1) is 19.3. The maximum absolute atomic E-state index is 14.4. The van der Waals surface area contributed by atoms with E-state index in [0.29, 0.717) is 31.9 Å². The molecular weight excluding hydrogens is 502 g/mol. The lowest BCUT2D eigenvalue weighted by molar-refractivity contribution is -0.0242. The van der Waals surface area contributed by atoms with Crippen molar-refractivity contribution in [1.82, 2.24) is 14.4 Å². The molecule has 0 aliphatic carbocycles. The number of fused-ring (bicyclic) bond motifs is 5. The van der Waals surface area contributed by atoms with E-state index >= 15 is 0 Å². The number of hydrogen-bond acceptors (Lipinski definition) is 5. The molecule has 0 unspecified atom stereocenters. The van der Waals surface area contributed by atoms with Crippen LogP contribution in [-0.2, 0) is 24.9 Å². The minimum absolute atomic E-state index is 0.00335. The number of carbonyl (C=O) groups excluding carboxylic acids is 1. The van der Waals surface area contributed by atoms with Gasteiger partial charge >= 0.3 is 0 Å². The molecule has 3 atom stereocenters. The number of aryl methyl sites for hydroxylation is 1. The number of aliphatic hydroxyl groups is 1. The highest BCUT2D eigenvalue weighted by Gasteiger charge is 2.33. The van der Waals surface area contributed by atoms with Crippen LogP contribution in [0.25, 0.3) is 22.0 Å². The monoisotopic (exact) mass is 541 g/mol. The average Bonchev–Trinajstić information content (AvgIpc) is 3.25. The van der Waals surface area contributed by atoms with Gasteiger partial charge in [-0.05, 0) is 48.9 Å². The zero-order valence-corrected chi connectivity index (χ0v) is 23.7. The van der Waals surface area contributed by atoms with E-state index in [0.717, 1.165) is 33.2 Å². The van der Waals surface area contributed by atoms with Crippen molar-refractivity contribution in [3.63, 3.8) is 0 Å². The summed E-state index contributed by atoms with van der Waals surface area (Å²) in [6.07, 6.45) is -0.158. The maximum Gasteiger partial charge on any atom is 0.271 e. The number of likely N-dealkylation sites (N-methyl/N-ethyl adjacent to an activating group) is 1. The minimum Gasteiger partial charge on any atom is -0.508 e. The molecule has 2 heterocycles. The smallest absolute Gasteiger partial charge is 0.271 e. The molecule has 1 aromatic heterocycles. The van der Waals surface area contributed by atoms with Gasteiger partial charge in [0, 0.05) is 49.1 Å². The first-order valence-electron chi connectivity index (χ1n) is 13.9. The molecule has 5 rings (SSSR count). The van der Waals surface area contributed by atoms with Gasteiger partial charge in [0.2, 0.25) is 0 Å². The van der Waals surface area contributed by atoms with Gasteiger partial charge in [-0.1, -0.05) is 61.5 Å². The lowest BCUT2D eigenvalue weighted by atomic mass is 9.96. The molecule has 0 saturated heterocycles. The first kappa shape index (κ1) is 27.9. The molecule has 0 fully saturated rings. The Labute approximate surface area is 236 Å². The van der Waals surface area contributed by atoms with Gasteiger partial charge in [0.05, 0.1) is 25.4 Å². The Hall–Kier alpha value is -3.65. The lowest BCUT2D eigenvalue weighted by Crippen LogP contribution is -2.47. The molecule has 0 radical (unpaired) electrons. The summed E-state index contributed by atoms with van der Waals surface area (Å²) in [4.78, 5) is 18.5. The molecule has 1 aliphatic heterocycles. The number of phenolic OH excluding ortho intramolecular Hbond substituents is 1. The zero-order valence-electron chi connectivity index (χ0n) is 23.7. The van der Waals surface area contributed by atoms with Crippen LogP contribution in [0.2, 0.25) is 0 Å². The summed E-state index contributed by atoms with van der Waals surface area (Å²) in [5, 5.41) is 20.9. The lowest BCUT2D eigenvalue weighted by Gasteiger charge is -2.35.